The molecule has 1 aliphatic carbocycles. The highest BCUT2D eigenvalue weighted by Crippen LogP contribution is 2.41. The summed E-state index contributed by atoms with van der Waals surface area (Å²) in [6, 6.07) is 11.2. The molecule has 1 saturated carbocycles. The molecule has 0 bridgehead atoms. The van der Waals surface area contributed by atoms with E-state index in [-0.39, 0.29) is 12.6 Å². The number of aliphatic hydroxyl groups excluding tert-OH is 1. The molecule has 1 aromatic carbocycles. The molecule has 1 fully saturated rings. The number of hydrogen-bond acceptors (Lipinski definition) is 2. The van der Waals surface area contributed by atoms with Crippen LogP contribution in [0.2, 0.25) is 0 Å². The van der Waals surface area contributed by atoms with Crippen LogP contribution in [-0.2, 0) is 0 Å². The summed E-state index contributed by atoms with van der Waals surface area (Å²) < 4.78 is 0. The lowest BCUT2D eigenvalue weighted by molar-refractivity contribution is 0.223. The SMILES string of the molecule is CC[C@H](CO)NC(c1ccccc1)C1CC1. The van der Waals surface area contributed by atoms with Gasteiger partial charge >= 0.3 is 0 Å². The van der Waals surface area contributed by atoms with Gasteiger partial charge in [-0.3, -0.25) is 0 Å². The number of nitrogens with one attached hydrogen (secondary N) is 1. The second-order valence-corrected chi connectivity index (χ2v) is 4.68. The molecule has 0 spiro atoms. The minimum absolute atomic E-state index is 0.228. The summed E-state index contributed by atoms with van der Waals surface area (Å²) in [7, 11) is 0. The first-order valence-corrected chi connectivity index (χ1v) is 6.27. The van der Waals surface area contributed by atoms with E-state index in [0.29, 0.717) is 6.04 Å². The first kappa shape index (κ1) is 11.6. The minimum atomic E-state index is 0.228. The average Bonchev–Trinajstić information content (AvgIpc) is 3.16. The van der Waals surface area contributed by atoms with Gasteiger partial charge < -0.3 is 10.4 Å². The largest absolute Gasteiger partial charge is 0.395 e. The van der Waals surface area contributed by atoms with Crippen molar-refractivity contribution in [2.75, 3.05) is 6.61 Å². The van der Waals surface area contributed by atoms with Gasteiger partial charge in [0.15, 0.2) is 0 Å². The third-order valence-electron chi connectivity index (χ3n) is 3.38. The molecule has 2 rings (SSSR count). The van der Waals surface area contributed by atoms with Crippen LogP contribution in [0.3, 0.4) is 0 Å². The van der Waals surface area contributed by atoms with Gasteiger partial charge in [0.25, 0.3) is 0 Å². The van der Waals surface area contributed by atoms with E-state index in [0.717, 1.165) is 12.3 Å². The zero-order valence-corrected chi connectivity index (χ0v) is 9.89. The summed E-state index contributed by atoms with van der Waals surface area (Å²) in [4.78, 5) is 0. The van der Waals surface area contributed by atoms with Crippen molar-refractivity contribution in [3.05, 3.63) is 35.9 Å². The Morgan fingerprint density at radius 2 is 2.00 bits per heavy atom. The molecule has 0 aromatic heterocycles. The summed E-state index contributed by atoms with van der Waals surface area (Å²) in [5, 5.41) is 12.8. The van der Waals surface area contributed by atoms with Crippen molar-refractivity contribution in [1.82, 2.24) is 5.32 Å². The third kappa shape index (κ3) is 2.83. The molecule has 88 valence electrons. The van der Waals surface area contributed by atoms with Gasteiger partial charge in [0, 0.05) is 12.1 Å². The second kappa shape index (κ2) is 5.46. The zero-order chi connectivity index (χ0) is 11.4. The Morgan fingerprint density at radius 3 is 2.50 bits per heavy atom. The van der Waals surface area contributed by atoms with Crippen molar-refractivity contribution in [2.24, 2.45) is 5.92 Å². The molecule has 1 unspecified atom stereocenters. The van der Waals surface area contributed by atoms with Crippen LogP contribution in [0.25, 0.3) is 0 Å². The highest BCUT2D eigenvalue weighted by Gasteiger charge is 2.32. The maximum Gasteiger partial charge on any atom is 0.0584 e. The number of benzene rings is 1. The molecular weight excluding hydrogens is 198 g/mol. The lowest BCUT2D eigenvalue weighted by atomic mass is 10.0. The van der Waals surface area contributed by atoms with Gasteiger partial charge in [-0.2, -0.15) is 0 Å². The van der Waals surface area contributed by atoms with Gasteiger partial charge in [-0.1, -0.05) is 37.3 Å². The summed E-state index contributed by atoms with van der Waals surface area (Å²) in [5.74, 6) is 0.767. The Kier molecular flexibility index (Phi) is 3.97. The molecule has 1 aliphatic rings. The van der Waals surface area contributed by atoms with Crippen molar-refractivity contribution in [1.29, 1.82) is 0 Å². The molecular formula is C14H21NO. The normalized spacial score (nSPS) is 19.4. The number of rotatable bonds is 6. The van der Waals surface area contributed by atoms with Crippen LogP contribution in [0, 0.1) is 5.92 Å². The Hall–Kier alpha value is -0.860. The van der Waals surface area contributed by atoms with Crippen LogP contribution in [0.5, 0.6) is 0 Å². The fraction of sp³-hybridized carbons (Fsp3) is 0.571. The number of hydrogen-bond donors (Lipinski definition) is 2. The monoisotopic (exact) mass is 219 g/mol. The molecule has 0 amide bonds. The first-order chi connectivity index (χ1) is 7.85. The Morgan fingerprint density at radius 1 is 1.31 bits per heavy atom. The Labute approximate surface area is 97.7 Å². The van der Waals surface area contributed by atoms with E-state index in [1.807, 2.05) is 0 Å². The summed E-state index contributed by atoms with van der Waals surface area (Å²) in [6.07, 6.45) is 3.61. The van der Waals surface area contributed by atoms with Crippen molar-refractivity contribution in [3.8, 4) is 0 Å². The van der Waals surface area contributed by atoms with Crippen molar-refractivity contribution in [2.45, 2.75) is 38.3 Å². The van der Waals surface area contributed by atoms with E-state index >= 15 is 0 Å². The van der Waals surface area contributed by atoms with Crippen molar-refractivity contribution in [3.63, 3.8) is 0 Å². The predicted molar refractivity (Wildman–Crippen MR) is 66.2 cm³/mol. The molecule has 0 aliphatic heterocycles. The second-order valence-electron chi connectivity index (χ2n) is 4.68. The standard InChI is InChI=1S/C14H21NO/c1-2-13(10-16)15-14(12-8-9-12)11-6-4-3-5-7-11/h3-7,12-16H,2,8-10H2,1H3/t13-,14?/m1/s1. The summed E-state index contributed by atoms with van der Waals surface area (Å²) >= 11 is 0. The van der Waals surface area contributed by atoms with Gasteiger partial charge in [0.05, 0.1) is 6.61 Å². The van der Waals surface area contributed by atoms with Gasteiger partial charge in [-0.05, 0) is 30.7 Å². The van der Waals surface area contributed by atoms with Gasteiger partial charge in [0.1, 0.15) is 0 Å². The molecule has 0 heterocycles. The topological polar surface area (TPSA) is 32.3 Å². The predicted octanol–water partition coefficient (Wildman–Crippen LogP) is 2.50. The van der Waals surface area contributed by atoms with Crippen molar-refractivity contribution >= 4 is 0 Å². The molecule has 0 saturated heterocycles. The fourth-order valence-corrected chi connectivity index (χ4v) is 2.15. The van der Waals surface area contributed by atoms with Crippen LogP contribution in [0.4, 0.5) is 0 Å². The number of aliphatic hydroxyl groups is 1. The molecule has 2 N–H and O–H groups in total. The van der Waals surface area contributed by atoms with Gasteiger partial charge in [-0.15, -0.1) is 0 Å². The smallest absolute Gasteiger partial charge is 0.0584 e. The van der Waals surface area contributed by atoms with Crippen LogP contribution < -0.4 is 5.32 Å². The highest BCUT2D eigenvalue weighted by atomic mass is 16.3. The third-order valence-corrected chi connectivity index (χ3v) is 3.38. The Balaban J connectivity index is 2.05. The average molecular weight is 219 g/mol. The molecule has 0 radical (unpaired) electrons. The van der Waals surface area contributed by atoms with E-state index in [9.17, 15) is 5.11 Å². The van der Waals surface area contributed by atoms with E-state index in [4.69, 9.17) is 0 Å². The lowest BCUT2D eigenvalue weighted by Gasteiger charge is -2.24. The van der Waals surface area contributed by atoms with Crippen LogP contribution >= 0.6 is 0 Å². The highest BCUT2D eigenvalue weighted by molar-refractivity contribution is 5.21. The molecule has 2 heteroatoms. The van der Waals surface area contributed by atoms with E-state index in [1.54, 1.807) is 0 Å². The minimum Gasteiger partial charge on any atom is -0.395 e. The van der Waals surface area contributed by atoms with Crippen LogP contribution in [0.15, 0.2) is 30.3 Å². The Bertz CT molecular complexity index is 304. The van der Waals surface area contributed by atoms with E-state index in [2.05, 4.69) is 42.6 Å². The quantitative estimate of drug-likeness (QED) is 0.770. The molecule has 2 nitrogen and oxygen atoms in total. The maximum absolute atomic E-state index is 9.26. The molecule has 2 atom stereocenters. The van der Waals surface area contributed by atoms with Crippen LogP contribution in [0.1, 0.15) is 37.8 Å². The van der Waals surface area contributed by atoms with Gasteiger partial charge in [0.2, 0.25) is 0 Å². The van der Waals surface area contributed by atoms with E-state index in [1.165, 1.54) is 18.4 Å². The van der Waals surface area contributed by atoms with E-state index < -0.39 is 0 Å². The van der Waals surface area contributed by atoms with Gasteiger partial charge in [-0.25, -0.2) is 0 Å². The van der Waals surface area contributed by atoms with Crippen LogP contribution in [-0.4, -0.2) is 17.8 Å². The maximum atomic E-state index is 9.26. The zero-order valence-electron chi connectivity index (χ0n) is 9.89. The summed E-state index contributed by atoms with van der Waals surface area (Å²) in [6.45, 7) is 2.34. The first-order valence-electron chi connectivity index (χ1n) is 6.27. The summed E-state index contributed by atoms with van der Waals surface area (Å²) in [5.41, 5.74) is 1.36. The molecule has 16 heavy (non-hydrogen) atoms. The fourth-order valence-electron chi connectivity index (χ4n) is 2.15. The molecule has 1 aromatic rings. The lowest BCUT2D eigenvalue weighted by Crippen LogP contribution is -2.36. The van der Waals surface area contributed by atoms with Crippen molar-refractivity contribution < 1.29 is 5.11 Å².